The lowest BCUT2D eigenvalue weighted by Crippen LogP contribution is -2.62. The first-order chi connectivity index (χ1) is 14.5. The molecule has 164 valence electrons. The molecule has 2 heteroatoms. The molecular formula is C28H40O2. The predicted molar refractivity (Wildman–Crippen MR) is 124 cm³/mol. The molecule has 1 spiro atoms. The van der Waals surface area contributed by atoms with Crippen molar-refractivity contribution in [2.45, 2.75) is 110 Å². The number of hydrogen-bond acceptors (Lipinski definition) is 2. The fourth-order valence-electron chi connectivity index (χ4n) is 6.43. The van der Waals surface area contributed by atoms with Gasteiger partial charge in [0.15, 0.2) is 5.78 Å². The Hall–Kier alpha value is -1.57. The zero-order valence-electron chi connectivity index (χ0n) is 19.6. The van der Waals surface area contributed by atoms with Gasteiger partial charge in [-0.25, -0.2) is 0 Å². The molecule has 0 unspecified atom stereocenters. The number of unbranched alkanes of at least 4 members (excludes halogenated alkanes) is 2. The predicted octanol–water partition coefficient (Wildman–Crippen LogP) is 7.16. The fraction of sp³-hybridized carbons (Fsp3) is 0.679. The lowest BCUT2D eigenvalue weighted by Gasteiger charge is -2.59. The minimum absolute atomic E-state index is 0.170. The topological polar surface area (TPSA) is 26.3 Å². The first-order valence-electron chi connectivity index (χ1n) is 12.6. The summed E-state index contributed by atoms with van der Waals surface area (Å²) < 4.78 is 7.06. The van der Waals surface area contributed by atoms with Crippen LogP contribution in [0.3, 0.4) is 0 Å². The molecule has 30 heavy (non-hydrogen) atoms. The van der Waals surface area contributed by atoms with E-state index in [1.165, 1.54) is 41.5 Å². The van der Waals surface area contributed by atoms with E-state index < -0.39 is 0 Å². The molecule has 0 N–H and O–H groups in total. The molecule has 2 nitrogen and oxygen atoms in total. The molecule has 1 saturated carbocycles. The second-order valence-electron chi connectivity index (χ2n) is 9.93. The van der Waals surface area contributed by atoms with Gasteiger partial charge in [0.2, 0.25) is 0 Å². The van der Waals surface area contributed by atoms with Crippen molar-refractivity contribution in [2.24, 2.45) is 11.3 Å². The third kappa shape index (κ3) is 3.26. The van der Waals surface area contributed by atoms with Gasteiger partial charge in [0, 0.05) is 11.3 Å². The maximum Gasteiger partial charge on any atom is 0.162 e. The minimum atomic E-state index is -0.285. The van der Waals surface area contributed by atoms with E-state index in [1.54, 1.807) is 0 Å². The Morgan fingerprint density at radius 1 is 1.00 bits per heavy atom. The Balaban J connectivity index is 1.80. The normalized spacial score (nSPS) is 26.5. The van der Waals surface area contributed by atoms with Crippen LogP contribution in [-0.2, 0) is 24.1 Å². The van der Waals surface area contributed by atoms with Crippen LogP contribution in [-0.4, -0.2) is 11.4 Å². The van der Waals surface area contributed by atoms with Gasteiger partial charge >= 0.3 is 0 Å². The Bertz CT molecular complexity index is 829. The van der Waals surface area contributed by atoms with Crippen LogP contribution in [0.5, 0.6) is 5.75 Å². The minimum Gasteiger partial charge on any atom is -0.482 e. The van der Waals surface area contributed by atoms with Crippen molar-refractivity contribution in [3.63, 3.8) is 0 Å². The molecule has 1 fully saturated rings. The number of aryl methyl sites for hydroxylation is 2. The standard InChI is InChI=1S/C28H40O2/c1-5-9-12-21-17-24-22(16-20(21)7-3)18-25-27(14-11-15-27)26(29)19-23(13-10-6-2)28(25,8-4)30-24/h16-17,19,25H,5-15,18H2,1-4H3/t25-,28+/m0/s1. The molecule has 1 aromatic carbocycles. The van der Waals surface area contributed by atoms with Crippen LogP contribution in [0.2, 0.25) is 0 Å². The number of benzene rings is 1. The zero-order chi connectivity index (χ0) is 21.4. The lowest BCUT2D eigenvalue weighted by atomic mass is 9.48. The van der Waals surface area contributed by atoms with E-state index in [9.17, 15) is 4.79 Å². The number of ketones is 1. The fourth-order valence-corrected chi connectivity index (χ4v) is 6.43. The van der Waals surface area contributed by atoms with E-state index in [-0.39, 0.29) is 11.0 Å². The summed E-state index contributed by atoms with van der Waals surface area (Å²) in [6, 6.07) is 4.78. The highest BCUT2D eigenvalue weighted by atomic mass is 16.5. The smallest absolute Gasteiger partial charge is 0.162 e. The van der Waals surface area contributed by atoms with E-state index in [1.807, 2.05) is 6.08 Å². The third-order valence-corrected chi connectivity index (χ3v) is 8.42. The first kappa shape index (κ1) is 21.7. The van der Waals surface area contributed by atoms with Gasteiger partial charge in [-0.2, -0.15) is 0 Å². The molecule has 0 aromatic heterocycles. The summed E-state index contributed by atoms with van der Waals surface area (Å²) in [5.74, 6) is 1.80. The summed E-state index contributed by atoms with van der Waals surface area (Å²) >= 11 is 0. The van der Waals surface area contributed by atoms with Gasteiger partial charge in [-0.15, -0.1) is 0 Å². The average Bonchev–Trinajstić information content (AvgIpc) is 2.73. The van der Waals surface area contributed by atoms with Crippen LogP contribution in [0.4, 0.5) is 0 Å². The molecule has 1 aromatic rings. The summed E-state index contributed by atoms with van der Waals surface area (Å²) in [6.45, 7) is 9.04. The highest BCUT2D eigenvalue weighted by Crippen LogP contribution is 2.61. The number of fused-ring (bicyclic) bond motifs is 3. The van der Waals surface area contributed by atoms with Crippen molar-refractivity contribution in [1.29, 1.82) is 0 Å². The van der Waals surface area contributed by atoms with Gasteiger partial charge in [0.25, 0.3) is 0 Å². The summed E-state index contributed by atoms with van der Waals surface area (Å²) in [5, 5.41) is 0. The molecule has 2 aliphatic carbocycles. The third-order valence-electron chi connectivity index (χ3n) is 8.42. The molecule has 0 bridgehead atoms. The monoisotopic (exact) mass is 408 g/mol. The number of ether oxygens (including phenoxy) is 1. The van der Waals surface area contributed by atoms with Gasteiger partial charge in [0.1, 0.15) is 11.4 Å². The molecule has 4 rings (SSSR count). The maximum absolute atomic E-state index is 13.4. The van der Waals surface area contributed by atoms with Crippen molar-refractivity contribution in [3.8, 4) is 5.75 Å². The van der Waals surface area contributed by atoms with E-state index in [0.29, 0.717) is 11.7 Å². The largest absolute Gasteiger partial charge is 0.482 e. The van der Waals surface area contributed by atoms with Crippen molar-refractivity contribution < 1.29 is 9.53 Å². The van der Waals surface area contributed by atoms with Crippen molar-refractivity contribution >= 4 is 5.78 Å². The average molecular weight is 409 g/mol. The summed E-state index contributed by atoms with van der Waals surface area (Å²) in [4.78, 5) is 13.4. The van der Waals surface area contributed by atoms with Gasteiger partial charge in [-0.3, -0.25) is 4.79 Å². The van der Waals surface area contributed by atoms with Crippen molar-refractivity contribution in [1.82, 2.24) is 0 Å². The quantitative estimate of drug-likeness (QED) is 0.456. The number of carbonyl (C=O) groups excluding carboxylic acids is 1. The van der Waals surface area contributed by atoms with Crippen LogP contribution in [0.1, 0.15) is 102 Å². The van der Waals surface area contributed by atoms with E-state index in [2.05, 4.69) is 39.8 Å². The number of rotatable bonds is 8. The Morgan fingerprint density at radius 3 is 2.33 bits per heavy atom. The van der Waals surface area contributed by atoms with E-state index in [4.69, 9.17) is 4.74 Å². The number of allylic oxidation sites excluding steroid dienone is 1. The molecule has 2 atom stereocenters. The summed E-state index contributed by atoms with van der Waals surface area (Å²) in [7, 11) is 0. The highest BCUT2D eigenvalue weighted by molar-refractivity contribution is 5.98. The summed E-state index contributed by atoms with van der Waals surface area (Å²) in [5.41, 5.74) is 5.10. The Labute approximate surface area is 183 Å². The van der Waals surface area contributed by atoms with Crippen LogP contribution >= 0.6 is 0 Å². The van der Waals surface area contributed by atoms with Crippen molar-refractivity contribution in [3.05, 3.63) is 40.5 Å². The SMILES string of the molecule is CCCCC1=CC(=O)C2(CCC2)[C@@H]2Cc3cc(CC)c(CCCC)cc3O[C@]12CC. The second kappa shape index (κ2) is 8.52. The highest BCUT2D eigenvalue weighted by Gasteiger charge is 2.62. The van der Waals surface area contributed by atoms with Crippen LogP contribution in [0.15, 0.2) is 23.8 Å². The molecule has 0 amide bonds. The lowest BCUT2D eigenvalue weighted by molar-refractivity contribution is -0.148. The molecule has 0 saturated heterocycles. The second-order valence-corrected chi connectivity index (χ2v) is 9.93. The van der Waals surface area contributed by atoms with Gasteiger partial charge in [-0.1, -0.05) is 53.0 Å². The molecule has 1 heterocycles. The molecule has 0 radical (unpaired) electrons. The first-order valence-corrected chi connectivity index (χ1v) is 12.6. The number of hydrogen-bond donors (Lipinski definition) is 0. The Kier molecular flexibility index (Phi) is 6.15. The van der Waals surface area contributed by atoms with Crippen molar-refractivity contribution in [2.75, 3.05) is 0 Å². The zero-order valence-corrected chi connectivity index (χ0v) is 19.6. The van der Waals surface area contributed by atoms with E-state index in [0.717, 1.165) is 63.5 Å². The van der Waals surface area contributed by atoms with Crippen LogP contribution in [0.25, 0.3) is 0 Å². The van der Waals surface area contributed by atoms with Gasteiger partial charge in [-0.05, 0) is 92.2 Å². The maximum atomic E-state index is 13.4. The number of carbonyl (C=O) groups is 1. The molecular weight excluding hydrogens is 368 g/mol. The van der Waals surface area contributed by atoms with Crippen LogP contribution in [0, 0.1) is 11.3 Å². The summed E-state index contributed by atoms with van der Waals surface area (Å²) in [6.07, 6.45) is 15.2. The Morgan fingerprint density at radius 2 is 1.73 bits per heavy atom. The van der Waals surface area contributed by atoms with Crippen LogP contribution < -0.4 is 4.74 Å². The van der Waals surface area contributed by atoms with E-state index >= 15 is 0 Å². The molecule has 3 aliphatic rings. The van der Waals surface area contributed by atoms with Gasteiger partial charge < -0.3 is 4.74 Å². The molecule has 1 aliphatic heterocycles. The van der Waals surface area contributed by atoms with Gasteiger partial charge in [0.05, 0.1) is 0 Å².